The molecule has 0 bridgehead atoms. The van der Waals surface area contributed by atoms with Crippen molar-refractivity contribution in [2.45, 2.75) is 25.3 Å². The van der Waals surface area contributed by atoms with Crippen molar-refractivity contribution < 1.29 is 9.21 Å². The Hall–Kier alpha value is -2.34. The molecule has 1 aliphatic heterocycles. The molecule has 2 N–H and O–H groups in total. The fraction of sp³-hybridized carbons (Fsp3) is 0.412. The first-order valence-corrected chi connectivity index (χ1v) is 7.98. The van der Waals surface area contributed by atoms with E-state index < -0.39 is 0 Å². The van der Waals surface area contributed by atoms with Gasteiger partial charge in [0.2, 0.25) is 5.56 Å². The SMILES string of the molecule is O=C(NC[C@H](c1ccco1)N1CCCCC1)c1ccc(=O)[nH]c1. The zero-order valence-electron chi connectivity index (χ0n) is 13.0. The Labute approximate surface area is 134 Å². The number of aromatic amines is 1. The highest BCUT2D eigenvalue weighted by Gasteiger charge is 2.25. The van der Waals surface area contributed by atoms with Crippen LogP contribution >= 0.6 is 0 Å². The zero-order chi connectivity index (χ0) is 16.1. The van der Waals surface area contributed by atoms with E-state index in [1.54, 1.807) is 6.26 Å². The molecule has 1 atom stereocenters. The van der Waals surface area contributed by atoms with Crippen molar-refractivity contribution in [3.05, 3.63) is 58.4 Å². The van der Waals surface area contributed by atoms with Crippen LogP contribution in [0.4, 0.5) is 0 Å². The molecular weight excluding hydrogens is 294 g/mol. The van der Waals surface area contributed by atoms with Crippen molar-refractivity contribution in [2.24, 2.45) is 0 Å². The largest absolute Gasteiger partial charge is 0.468 e. The van der Waals surface area contributed by atoms with E-state index in [0.717, 1.165) is 18.8 Å². The van der Waals surface area contributed by atoms with Crippen LogP contribution < -0.4 is 10.9 Å². The second-order valence-electron chi connectivity index (χ2n) is 5.78. The van der Waals surface area contributed by atoms with E-state index >= 15 is 0 Å². The van der Waals surface area contributed by atoms with Crippen LogP contribution in [0.15, 0.2) is 45.9 Å². The Morgan fingerprint density at radius 3 is 2.74 bits per heavy atom. The summed E-state index contributed by atoms with van der Waals surface area (Å²) in [6.07, 6.45) is 6.69. The molecule has 2 aromatic heterocycles. The Balaban J connectivity index is 1.67. The van der Waals surface area contributed by atoms with Crippen LogP contribution in [0.5, 0.6) is 0 Å². The van der Waals surface area contributed by atoms with E-state index in [9.17, 15) is 9.59 Å². The van der Waals surface area contributed by atoms with Gasteiger partial charge in [0.15, 0.2) is 0 Å². The van der Waals surface area contributed by atoms with Crippen LogP contribution in [0.25, 0.3) is 0 Å². The van der Waals surface area contributed by atoms with Crippen LogP contribution in [0.2, 0.25) is 0 Å². The smallest absolute Gasteiger partial charge is 0.252 e. The Kier molecular flexibility index (Phi) is 4.92. The highest BCUT2D eigenvalue weighted by molar-refractivity contribution is 5.93. The molecule has 0 aromatic carbocycles. The molecule has 1 fully saturated rings. The number of H-pyrrole nitrogens is 1. The van der Waals surface area contributed by atoms with Gasteiger partial charge in [0, 0.05) is 18.8 Å². The van der Waals surface area contributed by atoms with Gasteiger partial charge in [0.05, 0.1) is 17.9 Å². The zero-order valence-corrected chi connectivity index (χ0v) is 13.0. The maximum absolute atomic E-state index is 12.2. The molecule has 3 rings (SSSR count). The van der Waals surface area contributed by atoms with Gasteiger partial charge in [0.25, 0.3) is 5.91 Å². The second kappa shape index (κ2) is 7.28. The molecule has 2 aromatic rings. The predicted molar refractivity (Wildman–Crippen MR) is 86.3 cm³/mol. The standard InChI is InChI=1S/C17H21N3O3/c21-16-7-6-13(11-18-16)17(22)19-12-14(15-5-4-10-23-15)20-8-2-1-3-9-20/h4-7,10-11,14H,1-3,8-9,12H2,(H,18,21)(H,19,22)/t14-/m1/s1. The average Bonchev–Trinajstić information content (AvgIpc) is 3.11. The topological polar surface area (TPSA) is 78.3 Å². The Morgan fingerprint density at radius 2 is 2.09 bits per heavy atom. The third-order valence-electron chi connectivity index (χ3n) is 4.21. The number of pyridine rings is 1. The minimum Gasteiger partial charge on any atom is -0.468 e. The molecule has 3 heterocycles. The van der Waals surface area contributed by atoms with E-state index in [1.165, 1.54) is 37.6 Å². The van der Waals surface area contributed by atoms with Gasteiger partial charge in [-0.3, -0.25) is 14.5 Å². The predicted octanol–water partition coefficient (Wildman–Crippen LogP) is 1.92. The highest BCUT2D eigenvalue weighted by atomic mass is 16.3. The average molecular weight is 315 g/mol. The molecule has 0 spiro atoms. The van der Waals surface area contributed by atoms with Gasteiger partial charge >= 0.3 is 0 Å². The van der Waals surface area contributed by atoms with Crippen molar-refractivity contribution >= 4 is 5.91 Å². The lowest BCUT2D eigenvalue weighted by Crippen LogP contribution is -2.40. The quantitative estimate of drug-likeness (QED) is 0.883. The van der Waals surface area contributed by atoms with Gasteiger partial charge in [0.1, 0.15) is 5.76 Å². The molecule has 122 valence electrons. The number of aromatic nitrogens is 1. The van der Waals surface area contributed by atoms with Crippen molar-refractivity contribution in [2.75, 3.05) is 19.6 Å². The van der Waals surface area contributed by atoms with Crippen LogP contribution in [-0.4, -0.2) is 35.4 Å². The number of hydrogen-bond donors (Lipinski definition) is 2. The molecule has 1 amide bonds. The van der Waals surface area contributed by atoms with Crippen molar-refractivity contribution in [3.8, 4) is 0 Å². The van der Waals surface area contributed by atoms with Gasteiger partial charge in [-0.1, -0.05) is 6.42 Å². The molecule has 0 saturated carbocycles. The first-order valence-electron chi connectivity index (χ1n) is 7.98. The van der Waals surface area contributed by atoms with Gasteiger partial charge in [-0.15, -0.1) is 0 Å². The number of carbonyl (C=O) groups excluding carboxylic acids is 1. The minimum absolute atomic E-state index is 0.0389. The molecular formula is C17H21N3O3. The van der Waals surface area contributed by atoms with E-state index in [1.807, 2.05) is 12.1 Å². The maximum atomic E-state index is 12.2. The number of piperidine rings is 1. The summed E-state index contributed by atoms with van der Waals surface area (Å²) >= 11 is 0. The third kappa shape index (κ3) is 3.90. The monoisotopic (exact) mass is 315 g/mol. The van der Waals surface area contributed by atoms with E-state index in [4.69, 9.17) is 4.42 Å². The number of carbonyl (C=O) groups is 1. The summed E-state index contributed by atoms with van der Waals surface area (Å²) in [6, 6.07) is 6.74. The number of rotatable bonds is 5. The van der Waals surface area contributed by atoms with E-state index in [2.05, 4.69) is 15.2 Å². The van der Waals surface area contributed by atoms with Crippen LogP contribution in [-0.2, 0) is 0 Å². The summed E-state index contributed by atoms with van der Waals surface area (Å²) in [7, 11) is 0. The summed E-state index contributed by atoms with van der Waals surface area (Å²) in [6.45, 7) is 2.51. The molecule has 0 unspecified atom stereocenters. The molecule has 1 aliphatic rings. The molecule has 23 heavy (non-hydrogen) atoms. The normalized spacial score (nSPS) is 16.9. The van der Waals surface area contributed by atoms with Crippen LogP contribution in [0.1, 0.15) is 41.4 Å². The number of furan rings is 1. The number of nitrogens with one attached hydrogen (secondary N) is 2. The summed E-state index contributed by atoms with van der Waals surface area (Å²) < 4.78 is 5.56. The first kappa shape index (κ1) is 15.6. The number of amides is 1. The summed E-state index contributed by atoms with van der Waals surface area (Å²) in [5.74, 6) is 0.670. The summed E-state index contributed by atoms with van der Waals surface area (Å²) in [5, 5.41) is 2.94. The minimum atomic E-state index is -0.219. The molecule has 0 aliphatic carbocycles. The number of likely N-dealkylation sites (tertiary alicyclic amines) is 1. The fourth-order valence-electron chi connectivity index (χ4n) is 2.96. The Morgan fingerprint density at radius 1 is 1.26 bits per heavy atom. The lowest BCUT2D eigenvalue weighted by molar-refractivity contribution is 0.0913. The number of hydrogen-bond acceptors (Lipinski definition) is 4. The third-order valence-corrected chi connectivity index (χ3v) is 4.21. The molecule has 6 nitrogen and oxygen atoms in total. The summed E-state index contributed by atoms with van der Waals surface area (Å²) in [5.41, 5.74) is 0.227. The lowest BCUT2D eigenvalue weighted by Gasteiger charge is -2.33. The van der Waals surface area contributed by atoms with Gasteiger partial charge < -0.3 is 14.7 Å². The van der Waals surface area contributed by atoms with Gasteiger partial charge in [-0.25, -0.2) is 0 Å². The van der Waals surface area contributed by atoms with E-state index in [0.29, 0.717) is 12.1 Å². The van der Waals surface area contributed by atoms with Gasteiger partial charge in [-0.2, -0.15) is 0 Å². The van der Waals surface area contributed by atoms with Gasteiger partial charge in [-0.05, 0) is 44.1 Å². The van der Waals surface area contributed by atoms with Crippen molar-refractivity contribution in [3.63, 3.8) is 0 Å². The Bertz CT molecular complexity index is 667. The lowest BCUT2D eigenvalue weighted by atomic mass is 10.1. The maximum Gasteiger partial charge on any atom is 0.252 e. The number of nitrogens with zero attached hydrogens (tertiary/aromatic N) is 1. The second-order valence-corrected chi connectivity index (χ2v) is 5.78. The van der Waals surface area contributed by atoms with Crippen molar-refractivity contribution in [1.29, 1.82) is 0 Å². The molecule has 0 radical (unpaired) electrons. The molecule has 6 heteroatoms. The fourth-order valence-corrected chi connectivity index (χ4v) is 2.96. The van der Waals surface area contributed by atoms with Crippen LogP contribution in [0, 0.1) is 0 Å². The first-order chi connectivity index (χ1) is 11.2. The van der Waals surface area contributed by atoms with E-state index in [-0.39, 0.29) is 17.5 Å². The molecule has 1 saturated heterocycles. The summed E-state index contributed by atoms with van der Waals surface area (Å²) in [4.78, 5) is 28.2. The van der Waals surface area contributed by atoms with Crippen LogP contribution in [0.3, 0.4) is 0 Å². The highest BCUT2D eigenvalue weighted by Crippen LogP contribution is 2.24. The van der Waals surface area contributed by atoms with Crippen molar-refractivity contribution in [1.82, 2.24) is 15.2 Å².